The number of hydrogen-bond donors (Lipinski definition) is 1. The molecule has 7 nitrogen and oxygen atoms in total. The van der Waals surface area contributed by atoms with E-state index in [2.05, 4.69) is 15.5 Å². The first-order valence-electron chi connectivity index (χ1n) is 9.11. The van der Waals surface area contributed by atoms with Gasteiger partial charge in [-0.1, -0.05) is 11.2 Å². The maximum atomic E-state index is 12.6. The summed E-state index contributed by atoms with van der Waals surface area (Å²) in [5, 5.41) is 8.77. The van der Waals surface area contributed by atoms with Crippen LogP contribution in [0, 0.1) is 0 Å². The summed E-state index contributed by atoms with van der Waals surface area (Å²) in [5.41, 5.74) is 0.328. The lowest BCUT2D eigenvalue weighted by Gasteiger charge is -2.37. The molecular formula is C20H20N4O3S. The summed E-state index contributed by atoms with van der Waals surface area (Å²) in [5.74, 6) is -0.352. The highest BCUT2D eigenvalue weighted by molar-refractivity contribution is 7.10. The Morgan fingerprint density at radius 3 is 3.04 bits per heavy atom. The molecule has 0 radical (unpaired) electrons. The molecule has 0 bridgehead atoms. The predicted octanol–water partition coefficient (Wildman–Crippen LogP) is 2.93. The Labute approximate surface area is 166 Å². The van der Waals surface area contributed by atoms with Crippen LogP contribution in [0.25, 0.3) is 6.08 Å². The number of piperidine rings is 1. The molecule has 1 atom stereocenters. The van der Waals surface area contributed by atoms with E-state index in [1.54, 1.807) is 46.8 Å². The van der Waals surface area contributed by atoms with Crippen molar-refractivity contribution < 1.29 is 14.4 Å². The zero-order valence-electron chi connectivity index (χ0n) is 15.2. The summed E-state index contributed by atoms with van der Waals surface area (Å²) in [7, 11) is 0. The van der Waals surface area contributed by atoms with Crippen LogP contribution in [0.3, 0.4) is 0 Å². The van der Waals surface area contributed by atoms with Gasteiger partial charge >= 0.3 is 0 Å². The number of carbonyl (C=O) groups is 2. The number of anilines is 1. The van der Waals surface area contributed by atoms with Crippen LogP contribution in [0.1, 0.15) is 24.1 Å². The smallest absolute Gasteiger partial charge is 0.273 e. The lowest BCUT2D eigenvalue weighted by Crippen LogP contribution is -2.50. The summed E-state index contributed by atoms with van der Waals surface area (Å²) in [6, 6.07) is 7.43. The number of carbonyl (C=O) groups excluding carboxylic acids is 2. The van der Waals surface area contributed by atoms with Crippen molar-refractivity contribution >= 4 is 40.6 Å². The second-order valence-corrected chi connectivity index (χ2v) is 7.88. The first kappa shape index (κ1) is 18.4. The van der Waals surface area contributed by atoms with Crippen LogP contribution in [0.2, 0.25) is 0 Å². The molecule has 2 aliphatic rings. The van der Waals surface area contributed by atoms with Crippen molar-refractivity contribution in [3.05, 3.63) is 53.0 Å². The molecule has 1 fully saturated rings. The van der Waals surface area contributed by atoms with Gasteiger partial charge in [0.2, 0.25) is 5.91 Å². The molecule has 2 amide bonds. The summed E-state index contributed by atoms with van der Waals surface area (Å²) in [4.78, 5) is 37.5. The fraction of sp³-hybridized carbons (Fsp3) is 0.300. The largest absolute Gasteiger partial charge is 0.386 e. The Kier molecular flexibility index (Phi) is 5.21. The SMILES string of the molecule is O=C(Nc1cccnc1)C1=NOC2(CCCN(C(=O)/C=C/c3cccs3)C2)C1. The van der Waals surface area contributed by atoms with Crippen LogP contribution < -0.4 is 5.32 Å². The van der Waals surface area contributed by atoms with E-state index in [1.807, 2.05) is 23.6 Å². The quantitative estimate of drug-likeness (QED) is 0.806. The Morgan fingerprint density at radius 1 is 1.32 bits per heavy atom. The number of nitrogens with zero attached hydrogens (tertiary/aromatic N) is 3. The van der Waals surface area contributed by atoms with Crippen LogP contribution in [0.15, 0.2) is 53.3 Å². The normalized spacial score (nSPS) is 21.6. The molecule has 2 aromatic rings. The highest BCUT2D eigenvalue weighted by atomic mass is 32.1. The summed E-state index contributed by atoms with van der Waals surface area (Å²) < 4.78 is 0. The van der Waals surface area contributed by atoms with Crippen LogP contribution in [0.4, 0.5) is 5.69 Å². The van der Waals surface area contributed by atoms with E-state index >= 15 is 0 Å². The number of likely N-dealkylation sites (tertiary alicyclic amines) is 1. The molecule has 1 N–H and O–H groups in total. The van der Waals surface area contributed by atoms with Crippen LogP contribution in [0.5, 0.6) is 0 Å². The van der Waals surface area contributed by atoms with E-state index in [1.165, 1.54) is 0 Å². The van der Waals surface area contributed by atoms with E-state index in [0.717, 1.165) is 17.7 Å². The van der Waals surface area contributed by atoms with Crippen molar-refractivity contribution in [2.24, 2.45) is 5.16 Å². The lowest BCUT2D eigenvalue weighted by molar-refractivity contribution is -0.135. The van der Waals surface area contributed by atoms with Crippen LogP contribution in [-0.2, 0) is 14.4 Å². The van der Waals surface area contributed by atoms with Gasteiger partial charge in [0.25, 0.3) is 5.91 Å². The van der Waals surface area contributed by atoms with Crippen LogP contribution >= 0.6 is 11.3 Å². The third-order valence-corrected chi connectivity index (χ3v) is 5.64. The van der Waals surface area contributed by atoms with Crippen molar-refractivity contribution in [1.29, 1.82) is 0 Å². The Balaban J connectivity index is 1.36. The first-order chi connectivity index (χ1) is 13.6. The number of rotatable bonds is 4. The minimum Gasteiger partial charge on any atom is -0.386 e. The van der Waals surface area contributed by atoms with E-state index < -0.39 is 5.60 Å². The molecule has 4 rings (SSSR count). The number of aromatic nitrogens is 1. The van der Waals surface area contributed by atoms with Gasteiger partial charge in [0.15, 0.2) is 5.60 Å². The van der Waals surface area contributed by atoms with Gasteiger partial charge in [0, 0.05) is 30.1 Å². The van der Waals surface area contributed by atoms with E-state index in [-0.39, 0.29) is 11.8 Å². The van der Waals surface area contributed by atoms with Crippen molar-refractivity contribution in [2.75, 3.05) is 18.4 Å². The topological polar surface area (TPSA) is 83.9 Å². The predicted molar refractivity (Wildman–Crippen MR) is 108 cm³/mol. The fourth-order valence-corrected chi connectivity index (χ4v) is 4.05. The van der Waals surface area contributed by atoms with Crippen molar-refractivity contribution in [1.82, 2.24) is 9.88 Å². The number of pyridine rings is 1. The zero-order chi connectivity index (χ0) is 19.4. The van der Waals surface area contributed by atoms with Crippen LogP contribution in [-0.4, -0.2) is 46.1 Å². The van der Waals surface area contributed by atoms with E-state index in [0.29, 0.717) is 30.9 Å². The number of oxime groups is 1. The van der Waals surface area contributed by atoms with Crippen molar-refractivity contribution in [2.45, 2.75) is 24.9 Å². The minimum absolute atomic E-state index is 0.0515. The summed E-state index contributed by atoms with van der Waals surface area (Å²) in [6.45, 7) is 1.10. The molecule has 28 heavy (non-hydrogen) atoms. The minimum atomic E-state index is -0.619. The first-order valence-corrected chi connectivity index (χ1v) is 9.98. The highest BCUT2D eigenvalue weighted by Crippen LogP contribution is 2.34. The number of thiophene rings is 1. The van der Waals surface area contributed by atoms with Crippen molar-refractivity contribution in [3.63, 3.8) is 0 Å². The van der Waals surface area contributed by atoms with Crippen molar-refractivity contribution in [3.8, 4) is 0 Å². The Bertz CT molecular complexity index is 911. The zero-order valence-corrected chi connectivity index (χ0v) is 16.0. The molecular weight excluding hydrogens is 376 g/mol. The van der Waals surface area contributed by atoms with Gasteiger partial charge in [-0.3, -0.25) is 14.6 Å². The molecule has 8 heteroatoms. The molecule has 1 spiro atoms. The van der Waals surface area contributed by atoms with Gasteiger partial charge in [-0.15, -0.1) is 11.3 Å². The molecule has 1 unspecified atom stereocenters. The summed E-state index contributed by atoms with van der Waals surface area (Å²) in [6.07, 6.45) is 8.60. The number of hydrogen-bond acceptors (Lipinski definition) is 6. The molecule has 4 heterocycles. The van der Waals surface area contributed by atoms with Gasteiger partial charge in [-0.05, 0) is 42.5 Å². The molecule has 0 aromatic carbocycles. The van der Waals surface area contributed by atoms with Gasteiger partial charge < -0.3 is 15.1 Å². The molecule has 0 saturated carbocycles. The average molecular weight is 396 g/mol. The Morgan fingerprint density at radius 2 is 2.25 bits per heavy atom. The second-order valence-electron chi connectivity index (χ2n) is 6.90. The van der Waals surface area contributed by atoms with Gasteiger partial charge in [-0.25, -0.2) is 0 Å². The lowest BCUT2D eigenvalue weighted by atomic mass is 9.88. The van der Waals surface area contributed by atoms with E-state index in [4.69, 9.17) is 4.84 Å². The second kappa shape index (κ2) is 7.93. The molecule has 1 saturated heterocycles. The number of nitrogens with one attached hydrogen (secondary N) is 1. The standard InChI is InChI=1S/C20H20N4O3S/c25-18(7-6-16-5-2-11-28-16)24-10-3-8-20(14-24)12-17(23-27-20)19(26)22-15-4-1-9-21-13-15/h1-2,4-7,9,11,13H,3,8,10,12,14H2,(H,22,26)/b7-6+. The van der Waals surface area contributed by atoms with Gasteiger partial charge in [-0.2, -0.15) is 0 Å². The third-order valence-electron chi connectivity index (χ3n) is 4.81. The maximum absolute atomic E-state index is 12.6. The fourth-order valence-electron chi connectivity index (χ4n) is 3.43. The monoisotopic (exact) mass is 396 g/mol. The number of amides is 2. The highest BCUT2D eigenvalue weighted by Gasteiger charge is 2.45. The third kappa shape index (κ3) is 4.12. The van der Waals surface area contributed by atoms with E-state index in [9.17, 15) is 9.59 Å². The Hall–Kier alpha value is -3.00. The molecule has 144 valence electrons. The average Bonchev–Trinajstić information content (AvgIpc) is 3.37. The molecule has 0 aliphatic carbocycles. The summed E-state index contributed by atoms with van der Waals surface area (Å²) >= 11 is 1.59. The molecule has 2 aliphatic heterocycles. The maximum Gasteiger partial charge on any atom is 0.273 e. The van der Waals surface area contributed by atoms with Gasteiger partial charge in [0.05, 0.1) is 18.4 Å². The molecule has 2 aromatic heterocycles. The van der Waals surface area contributed by atoms with Gasteiger partial charge in [0.1, 0.15) is 5.71 Å².